The zero-order valence-corrected chi connectivity index (χ0v) is 13.5. The van der Waals surface area contributed by atoms with E-state index in [1.165, 1.54) is 0 Å². The van der Waals surface area contributed by atoms with Crippen LogP contribution in [-0.2, 0) is 19.5 Å². The number of para-hydroxylation sites is 1. The smallest absolute Gasteiger partial charge is 0.189 e. The van der Waals surface area contributed by atoms with E-state index in [0.717, 1.165) is 47.8 Å². The van der Waals surface area contributed by atoms with Crippen molar-refractivity contribution in [2.24, 2.45) is 0 Å². The molecule has 6 nitrogen and oxygen atoms in total. The van der Waals surface area contributed by atoms with Gasteiger partial charge < -0.3 is 15.2 Å². The number of pyridine rings is 1. The Morgan fingerprint density at radius 2 is 2.17 bits per heavy atom. The number of aromatic nitrogens is 3. The van der Waals surface area contributed by atoms with Crippen LogP contribution in [0.25, 0.3) is 10.9 Å². The molecule has 0 radical (unpaired) electrons. The number of likely N-dealkylation sites (N-methyl/N-ethyl adjacent to an activating group) is 1. The number of fused-ring (bicyclic) bond motifs is 2. The van der Waals surface area contributed by atoms with Gasteiger partial charge in [-0.15, -0.1) is 0 Å². The highest BCUT2D eigenvalue weighted by molar-refractivity contribution is 5.78. The molecule has 0 atom stereocenters. The molecular formula is C18H19N5O. The Morgan fingerprint density at radius 3 is 3.08 bits per heavy atom. The number of aromatic amines is 1. The highest BCUT2D eigenvalue weighted by Crippen LogP contribution is 2.22. The van der Waals surface area contributed by atoms with Crippen molar-refractivity contribution in [3.05, 3.63) is 63.8 Å². The van der Waals surface area contributed by atoms with Crippen molar-refractivity contribution in [3.63, 3.8) is 0 Å². The first-order valence-corrected chi connectivity index (χ1v) is 8.07. The third-order valence-electron chi connectivity index (χ3n) is 4.43. The Bertz CT molecular complexity index is 950. The van der Waals surface area contributed by atoms with E-state index < -0.39 is 0 Å². The van der Waals surface area contributed by atoms with E-state index in [1.54, 1.807) is 12.4 Å². The first-order valence-electron chi connectivity index (χ1n) is 8.07. The average Bonchev–Trinajstić information content (AvgIpc) is 2.60. The van der Waals surface area contributed by atoms with Crippen LogP contribution in [0, 0.1) is 0 Å². The van der Waals surface area contributed by atoms with E-state index in [1.807, 2.05) is 24.3 Å². The van der Waals surface area contributed by atoms with Crippen LogP contribution in [0.5, 0.6) is 0 Å². The molecule has 3 heterocycles. The summed E-state index contributed by atoms with van der Waals surface area (Å²) in [5.74, 6) is 0.848. The van der Waals surface area contributed by atoms with Gasteiger partial charge in [-0.25, -0.2) is 9.97 Å². The molecule has 0 saturated heterocycles. The third kappa shape index (κ3) is 2.76. The van der Waals surface area contributed by atoms with Crippen molar-refractivity contribution >= 4 is 16.7 Å². The highest BCUT2D eigenvalue weighted by atomic mass is 16.1. The van der Waals surface area contributed by atoms with Crippen molar-refractivity contribution in [1.82, 2.24) is 19.9 Å². The van der Waals surface area contributed by atoms with Crippen LogP contribution in [0.3, 0.4) is 0 Å². The van der Waals surface area contributed by atoms with Gasteiger partial charge in [-0.3, -0.25) is 4.79 Å². The summed E-state index contributed by atoms with van der Waals surface area (Å²) in [5.41, 5.74) is 3.99. The second kappa shape index (κ2) is 6.05. The van der Waals surface area contributed by atoms with Gasteiger partial charge in [0.15, 0.2) is 5.43 Å². The molecule has 0 bridgehead atoms. The van der Waals surface area contributed by atoms with Crippen LogP contribution in [0.2, 0.25) is 0 Å². The summed E-state index contributed by atoms with van der Waals surface area (Å²) in [4.78, 5) is 26.5. The zero-order chi connectivity index (χ0) is 16.5. The molecule has 122 valence electrons. The topological polar surface area (TPSA) is 73.9 Å². The molecule has 1 aromatic carbocycles. The Kier molecular flexibility index (Phi) is 3.74. The maximum atomic E-state index is 12.2. The van der Waals surface area contributed by atoms with Crippen molar-refractivity contribution < 1.29 is 0 Å². The number of hydrogen-bond donors (Lipinski definition) is 2. The molecule has 1 aliphatic heterocycles. The minimum atomic E-state index is 0.0330. The maximum Gasteiger partial charge on any atom is 0.189 e. The second-order valence-electron chi connectivity index (χ2n) is 6.19. The van der Waals surface area contributed by atoms with E-state index in [2.05, 4.69) is 32.2 Å². The SMILES string of the molecule is CN1CCc2ncnc(NCc3cc(=O)c4ccccc4[nH]3)c2C1. The third-order valence-corrected chi connectivity index (χ3v) is 4.43. The maximum absolute atomic E-state index is 12.2. The Labute approximate surface area is 139 Å². The fourth-order valence-corrected chi connectivity index (χ4v) is 3.15. The molecule has 1 aliphatic rings. The van der Waals surface area contributed by atoms with Crippen molar-refractivity contribution in [2.45, 2.75) is 19.5 Å². The van der Waals surface area contributed by atoms with E-state index in [0.29, 0.717) is 11.9 Å². The van der Waals surface area contributed by atoms with E-state index >= 15 is 0 Å². The minimum Gasteiger partial charge on any atom is -0.364 e. The van der Waals surface area contributed by atoms with Crippen molar-refractivity contribution in [2.75, 3.05) is 18.9 Å². The summed E-state index contributed by atoms with van der Waals surface area (Å²) in [7, 11) is 2.10. The van der Waals surface area contributed by atoms with E-state index in [-0.39, 0.29) is 5.43 Å². The molecule has 2 aromatic heterocycles. The van der Waals surface area contributed by atoms with E-state index in [4.69, 9.17) is 0 Å². The first kappa shape index (κ1) is 14.8. The van der Waals surface area contributed by atoms with Gasteiger partial charge in [-0.2, -0.15) is 0 Å². The van der Waals surface area contributed by atoms with Gasteiger partial charge in [0.1, 0.15) is 12.1 Å². The monoisotopic (exact) mass is 321 g/mol. The summed E-state index contributed by atoms with van der Waals surface area (Å²) in [6.45, 7) is 2.38. The Balaban J connectivity index is 1.61. The summed E-state index contributed by atoms with van der Waals surface area (Å²) < 4.78 is 0. The molecule has 24 heavy (non-hydrogen) atoms. The Morgan fingerprint density at radius 1 is 1.29 bits per heavy atom. The largest absolute Gasteiger partial charge is 0.364 e. The van der Waals surface area contributed by atoms with Gasteiger partial charge in [-0.1, -0.05) is 12.1 Å². The number of nitrogens with one attached hydrogen (secondary N) is 2. The molecular weight excluding hydrogens is 302 g/mol. The standard InChI is InChI=1S/C18H19N5O/c1-23-7-6-15-14(10-23)18(21-11-20-15)19-9-12-8-17(24)13-4-2-3-5-16(13)22-12/h2-5,8,11H,6-7,9-10H2,1H3,(H,22,24)(H,19,20,21). The lowest BCUT2D eigenvalue weighted by molar-refractivity contribution is 0.310. The highest BCUT2D eigenvalue weighted by Gasteiger charge is 2.18. The number of rotatable bonds is 3. The molecule has 0 spiro atoms. The zero-order valence-electron chi connectivity index (χ0n) is 13.5. The molecule has 0 aliphatic carbocycles. The number of nitrogens with zero attached hydrogens (tertiary/aromatic N) is 3. The summed E-state index contributed by atoms with van der Waals surface area (Å²) in [6.07, 6.45) is 2.55. The number of H-pyrrole nitrogens is 1. The quantitative estimate of drug-likeness (QED) is 0.771. The summed E-state index contributed by atoms with van der Waals surface area (Å²) in [5, 5.41) is 4.06. The van der Waals surface area contributed by atoms with Gasteiger partial charge in [0.05, 0.1) is 12.2 Å². The molecule has 3 aromatic rings. The van der Waals surface area contributed by atoms with Crippen molar-refractivity contribution in [1.29, 1.82) is 0 Å². The predicted octanol–water partition coefficient (Wildman–Crippen LogP) is 1.92. The van der Waals surface area contributed by atoms with Crippen LogP contribution in [-0.4, -0.2) is 33.4 Å². The van der Waals surface area contributed by atoms with Crippen LogP contribution < -0.4 is 10.7 Å². The summed E-state index contributed by atoms with van der Waals surface area (Å²) in [6, 6.07) is 9.20. The number of hydrogen-bond acceptors (Lipinski definition) is 5. The lowest BCUT2D eigenvalue weighted by atomic mass is 10.1. The number of benzene rings is 1. The second-order valence-corrected chi connectivity index (χ2v) is 6.19. The van der Waals surface area contributed by atoms with Gasteiger partial charge >= 0.3 is 0 Å². The molecule has 4 rings (SSSR count). The first-order chi connectivity index (χ1) is 11.7. The lowest BCUT2D eigenvalue weighted by Crippen LogP contribution is -2.28. The molecule has 0 unspecified atom stereocenters. The lowest BCUT2D eigenvalue weighted by Gasteiger charge is -2.25. The van der Waals surface area contributed by atoms with Crippen LogP contribution in [0.15, 0.2) is 41.5 Å². The molecule has 0 amide bonds. The van der Waals surface area contributed by atoms with Crippen LogP contribution in [0.1, 0.15) is 17.0 Å². The van der Waals surface area contributed by atoms with E-state index in [9.17, 15) is 4.79 Å². The van der Waals surface area contributed by atoms with Gasteiger partial charge in [0.2, 0.25) is 0 Å². The molecule has 2 N–H and O–H groups in total. The predicted molar refractivity (Wildman–Crippen MR) is 94.0 cm³/mol. The molecule has 0 fully saturated rings. The summed E-state index contributed by atoms with van der Waals surface area (Å²) >= 11 is 0. The molecule has 6 heteroatoms. The molecule has 0 saturated carbocycles. The van der Waals surface area contributed by atoms with Gasteiger partial charge in [-0.05, 0) is 19.2 Å². The van der Waals surface area contributed by atoms with Crippen molar-refractivity contribution in [3.8, 4) is 0 Å². The average molecular weight is 321 g/mol. The minimum absolute atomic E-state index is 0.0330. The Hall–Kier alpha value is -2.73. The van der Waals surface area contributed by atoms with Crippen LogP contribution >= 0.6 is 0 Å². The normalized spacial score (nSPS) is 14.5. The fourth-order valence-electron chi connectivity index (χ4n) is 3.15. The van der Waals surface area contributed by atoms with Gasteiger partial charge in [0.25, 0.3) is 0 Å². The fraction of sp³-hybridized carbons (Fsp3) is 0.278. The van der Waals surface area contributed by atoms with Crippen LogP contribution in [0.4, 0.5) is 5.82 Å². The van der Waals surface area contributed by atoms with Gasteiger partial charge in [0, 0.05) is 47.7 Å². The number of anilines is 1.